The Bertz CT molecular complexity index is 933. The minimum absolute atomic E-state index is 0.0662. The first kappa shape index (κ1) is 30.4. The Morgan fingerprint density at radius 2 is 1.38 bits per heavy atom. The van der Waals surface area contributed by atoms with Crippen molar-refractivity contribution >= 4 is 23.5 Å². The quantitative estimate of drug-likeness (QED) is 0.188. The van der Waals surface area contributed by atoms with E-state index in [2.05, 4.69) is 42.5 Å². The lowest BCUT2D eigenvalue weighted by molar-refractivity contribution is -1.02. The summed E-state index contributed by atoms with van der Waals surface area (Å²) in [5.41, 5.74) is 2.68. The van der Waals surface area contributed by atoms with Crippen molar-refractivity contribution in [1.29, 1.82) is 0 Å². The van der Waals surface area contributed by atoms with Gasteiger partial charge in [0.25, 0.3) is 0 Å². The van der Waals surface area contributed by atoms with Crippen molar-refractivity contribution in [2.24, 2.45) is 0 Å². The predicted octanol–water partition coefficient (Wildman–Crippen LogP) is -2.72. The van der Waals surface area contributed by atoms with Gasteiger partial charge in [-0.3, -0.25) is 0 Å². The average Bonchev–Trinajstić information content (AvgIpc) is 2.90. The van der Waals surface area contributed by atoms with Crippen molar-refractivity contribution in [1.82, 2.24) is 0 Å². The van der Waals surface area contributed by atoms with Crippen molar-refractivity contribution in [3.8, 4) is 0 Å². The highest BCUT2D eigenvalue weighted by Crippen LogP contribution is 2.21. The molecule has 37 heavy (non-hydrogen) atoms. The Hall–Kier alpha value is -2.79. The number of ether oxygens (including phenoxy) is 2. The van der Waals surface area contributed by atoms with Gasteiger partial charge < -0.3 is 44.2 Å². The van der Waals surface area contributed by atoms with Crippen LogP contribution in [0.1, 0.15) is 17.2 Å². The van der Waals surface area contributed by atoms with Crippen LogP contribution < -0.4 is 20.0 Å². The molecule has 1 saturated heterocycles. The van der Waals surface area contributed by atoms with E-state index in [0.717, 1.165) is 44.4 Å². The van der Waals surface area contributed by atoms with Crippen molar-refractivity contribution in [3.05, 3.63) is 82.9 Å². The summed E-state index contributed by atoms with van der Waals surface area (Å²) < 4.78 is 10.9. The number of quaternary nitrogens is 2. The molecule has 3 rings (SSSR count). The fourth-order valence-corrected chi connectivity index (χ4v) is 4.29. The van der Waals surface area contributed by atoms with Crippen LogP contribution in [-0.4, -0.2) is 82.8 Å². The van der Waals surface area contributed by atoms with Crippen LogP contribution in [0, 0.1) is 0 Å². The molecule has 1 fully saturated rings. The summed E-state index contributed by atoms with van der Waals surface area (Å²) in [6, 6.07) is 19.5. The molecule has 0 saturated carbocycles. The van der Waals surface area contributed by atoms with Crippen LogP contribution in [-0.2, 0) is 19.1 Å². The fourth-order valence-electron chi connectivity index (χ4n) is 4.17. The lowest BCUT2D eigenvalue weighted by Crippen LogP contribution is -3.28. The topological polar surface area (TPSA) is 128 Å². The number of nitrogens with one attached hydrogen (secondary N) is 2. The molecule has 2 aromatic rings. The molecule has 2 aromatic carbocycles. The zero-order valence-electron chi connectivity index (χ0n) is 20.8. The van der Waals surface area contributed by atoms with E-state index in [4.69, 9.17) is 26.2 Å². The van der Waals surface area contributed by atoms with Gasteiger partial charge in [-0.2, -0.15) is 0 Å². The zero-order valence-corrected chi connectivity index (χ0v) is 21.5. The first-order chi connectivity index (χ1) is 17.9. The lowest BCUT2D eigenvalue weighted by Gasteiger charge is -2.35. The molecular weight excluding hydrogens is 500 g/mol. The Kier molecular flexibility index (Phi) is 14.5. The van der Waals surface area contributed by atoms with Crippen LogP contribution in [0.2, 0.25) is 5.02 Å². The first-order valence-corrected chi connectivity index (χ1v) is 12.6. The predicted molar refractivity (Wildman–Crippen MR) is 134 cm³/mol. The number of carboxylic acids is 2. The molecule has 1 atom stereocenters. The summed E-state index contributed by atoms with van der Waals surface area (Å²) in [6.07, 6.45) is 0.769. The summed E-state index contributed by atoms with van der Waals surface area (Å²) in [5, 5.41) is 28.3. The van der Waals surface area contributed by atoms with E-state index in [1.165, 1.54) is 11.1 Å². The molecule has 0 spiro atoms. The molecule has 1 aliphatic rings. The second kappa shape index (κ2) is 17.6. The summed E-state index contributed by atoms with van der Waals surface area (Å²) >= 11 is 6.12. The molecule has 0 aliphatic carbocycles. The third-order valence-corrected chi connectivity index (χ3v) is 6.16. The SMILES string of the molecule is O=C([O-])/C=C\C(=O)[O-].OCCOCCOCC[NH+]1CC[NH+](C(c2ccccc2)c2ccc(Cl)cc2)CC1. The van der Waals surface area contributed by atoms with Gasteiger partial charge in [-0.05, 0) is 24.3 Å². The largest absolute Gasteiger partial charge is 0.545 e. The molecule has 3 N–H and O–H groups in total. The molecule has 0 aromatic heterocycles. The average molecular weight is 535 g/mol. The van der Waals surface area contributed by atoms with Gasteiger partial charge in [0.05, 0.1) is 45.0 Å². The summed E-state index contributed by atoms with van der Waals surface area (Å²) in [5.74, 6) is -3.09. The van der Waals surface area contributed by atoms with Gasteiger partial charge >= 0.3 is 0 Å². The number of halogens is 1. The molecule has 202 valence electrons. The zero-order chi connectivity index (χ0) is 26.9. The number of aliphatic hydroxyl groups is 1. The smallest absolute Gasteiger partial charge is 0.139 e. The minimum Gasteiger partial charge on any atom is -0.545 e. The molecule has 1 unspecified atom stereocenters. The number of piperazine rings is 1. The van der Waals surface area contributed by atoms with Gasteiger partial charge in [0.2, 0.25) is 0 Å². The maximum absolute atomic E-state index is 9.41. The molecule has 1 aliphatic heterocycles. The molecular formula is C27H35ClN2O7. The second-order valence-corrected chi connectivity index (χ2v) is 8.91. The summed E-state index contributed by atoms with van der Waals surface area (Å²) in [6.45, 7) is 7.95. The third kappa shape index (κ3) is 12.3. The number of carbonyl (C=O) groups excluding carboxylic acids is 2. The summed E-state index contributed by atoms with van der Waals surface area (Å²) in [7, 11) is 0. The van der Waals surface area contributed by atoms with Crippen molar-refractivity contribution in [2.45, 2.75) is 6.04 Å². The number of hydrogen-bond donors (Lipinski definition) is 3. The van der Waals surface area contributed by atoms with Crippen LogP contribution in [0.15, 0.2) is 66.7 Å². The van der Waals surface area contributed by atoms with Gasteiger partial charge in [0, 0.05) is 16.1 Å². The second-order valence-electron chi connectivity index (χ2n) is 8.47. The maximum Gasteiger partial charge on any atom is 0.139 e. The number of rotatable bonds is 13. The Balaban J connectivity index is 0.000000521. The van der Waals surface area contributed by atoms with E-state index in [1.54, 1.807) is 9.80 Å². The molecule has 0 radical (unpaired) electrons. The van der Waals surface area contributed by atoms with Crippen LogP contribution in [0.3, 0.4) is 0 Å². The third-order valence-electron chi connectivity index (χ3n) is 5.91. The van der Waals surface area contributed by atoms with E-state index < -0.39 is 11.9 Å². The van der Waals surface area contributed by atoms with E-state index in [9.17, 15) is 19.8 Å². The fraction of sp³-hybridized carbons (Fsp3) is 0.407. The highest BCUT2D eigenvalue weighted by atomic mass is 35.5. The Morgan fingerprint density at radius 3 is 1.92 bits per heavy atom. The van der Waals surface area contributed by atoms with Gasteiger partial charge in [-0.25, -0.2) is 0 Å². The molecule has 1 heterocycles. The van der Waals surface area contributed by atoms with Crippen LogP contribution >= 0.6 is 11.6 Å². The highest BCUT2D eigenvalue weighted by Gasteiger charge is 2.31. The molecule has 10 heteroatoms. The number of aliphatic hydroxyl groups excluding tert-OH is 1. The van der Waals surface area contributed by atoms with Crippen LogP contribution in [0.5, 0.6) is 0 Å². The summed E-state index contributed by atoms with van der Waals surface area (Å²) in [4.78, 5) is 22.0. The van der Waals surface area contributed by atoms with Crippen molar-refractivity contribution in [2.75, 3.05) is 65.8 Å². The lowest BCUT2D eigenvalue weighted by atomic mass is 9.96. The van der Waals surface area contributed by atoms with E-state index >= 15 is 0 Å². The van der Waals surface area contributed by atoms with Gasteiger partial charge in [-0.15, -0.1) is 0 Å². The van der Waals surface area contributed by atoms with Crippen molar-refractivity contribution < 1.29 is 44.2 Å². The maximum atomic E-state index is 9.41. The molecule has 0 amide bonds. The molecule has 9 nitrogen and oxygen atoms in total. The van der Waals surface area contributed by atoms with Gasteiger partial charge in [-0.1, -0.05) is 54.1 Å². The van der Waals surface area contributed by atoms with E-state index in [0.29, 0.717) is 38.0 Å². The highest BCUT2D eigenvalue weighted by molar-refractivity contribution is 6.30. The van der Waals surface area contributed by atoms with Gasteiger partial charge in [0.15, 0.2) is 0 Å². The first-order valence-electron chi connectivity index (χ1n) is 12.3. The number of aliphatic carboxylic acids is 2. The number of hydrogen-bond acceptors (Lipinski definition) is 7. The monoisotopic (exact) mass is 534 g/mol. The van der Waals surface area contributed by atoms with Crippen molar-refractivity contribution in [3.63, 3.8) is 0 Å². The van der Waals surface area contributed by atoms with E-state index in [-0.39, 0.29) is 6.61 Å². The van der Waals surface area contributed by atoms with Gasteiger partial charge in [0.1, 0.15) is 38.8 Å². The standard InChI is InChI=1S/C23H31ClN2O3.C4H4O4/c24-22-8-6-21(7-9-22)23(20-4-2-1-3-5-20)26-12-10-25(11-13-26)14-16-28-18-19-29-17-15-27;5-3(6)1-2-4(7)8/h1-9,23,27H,10-19H2;1-2H,(H,5,6)(H,7,8)/b;2-1-. The van der Waals surface area contributed by atoms with Crippen LogP contribution in [0.4, 0.5) is 0 Å². The van der Waals surface area contributed by atoms with E-state index in [1.807, 2.05) is 12.1 Å². The Labute approximate surface area is 222 Å². The number of carbonyl (C=O) groups is 2. The van der Waals surface area contributed by atoms with Crippen LogP contribution in [0.25, 0.3) is 0 Å². The number of carboxylic acid groups (broad SMARTS) is 2. The normalized spacial score (nSPS) is 18.1. The number of benzene rings is 2. The molecule has 0 bridgehead atoms. The minimum atomic E-state index is -1.55. The Morgan fingerprint density at radius 1 is 0.838 bits per heavy atom.